The minimum absolute atomic E-state index is 0.127. The SMILES string of the molecule is O=C1CC(C(=O)O)(c2ccc(C(F)(F)F)nc2)C1. The van der Waals surface area contributed by atoms with Crippen molar-refractivity contribution in [1.29, 1.82) is 0 Å². The number of aliphatic carboxylic acids is 1. The van der Waals surface area contributed by atoms with E-state index >= 15 is 0 Å². The lowest BCUT2D eigenvalue weighted by Gasteiger charge is -2.36. The van der Waals surface area contributed by atoms with Crippen molar-refractivity contribution in [3.05, 3.63) is 29.6 Å². The molecule has 1 aromatic heterocycles. The largest absolute Gasteiger partial charge is 0.481 e. The predicted molar refractivity (Wildman–Crippen MR) is 52.8 cm³/mol. The third-order valence-corrected chi connectivity index (χ3v) is 3.01. The van der Waals surface area contributed by atoms with Crippen LogP contribution in [0.5, 0.6) is 0 Å². The van der Waals surface area contributed by atoms with Gasteiger partial charge in [0.1, 0.15) is 16.9 Å². The van der Waals surface area contributed by atoms with Gasteiger partial charge < -0.3 is 5.11 Å². The summed E-state index contributed by atoms with van der Waals surface area (Å²) in [5.41, 5.74) is -2.37. The third kappa shape index (κ3) is 1.85. The Morgan fingerprint density at radius 1 is 1.33 bits per heavy atom. The number of nitrogens with zero attached hydrogens (tertiary/aromatic N) is 1. The predicted octanol–water partition coefficient (Wildman–Crippen LogP) is 1.79. The highest BCUT2D eigenvalue weighted by molar-refractivity contribution is 6.01. The molecule has 0 aliphatic heterocycles. The molecule has 1 heterocycles. The van der Waals surface area contributed by atoms with E-state index in [2.05, 4.69) is 4.98 Å². The molecule has 0 aromatic carbocycles. The van der Waals surface area contributed by atoms with Gasteiger partial charge in [-0.1, -0.05) is 6.07 Å². The maximum absolute atomic E-state index is 12.3. The average Bonchev–Trinajstić information content (AvgIpc) is 2.23. The van der Waals surface area contributed by atoms with Crippen molar-refractivity contribution in [2.24, 2.45) is 0 Å². The molecule has 7 heteroatoms. The fourth-order valence-electron chi connectivity index (χ4n) is 1.94. The van der Waals surface area contributed by atoms with E-state index in [0.29, 0.717) is 0 Å². The fourth-order valence-corrected chi connectivity index (χ4v) is 1.94. The lowest BCUT2D eigenvalue weighted by molar-refractivity contribution is -0.153. The highest BCUT2D eigenvalue weighted by atomic mass is 19.4. The first-order valence-electron chi connectivity index (χ1n) is 5.04. The standard InChI is InChI=1S/C11H8F3NO3/c12-11(13,14)8-2-1-6(5-15-8)10(9(17)18)3-7(16)4-10/h1-2,5H,3-4H2,(H,17,18). The molecular weight excluding hydrogens is 251 g/mol. The third-order valence-electron chi connectivity index (χ3n) is 3.01. The van der Waals surface area contributed by atoms with Gasteiger partial charge in [0.2, 0.25) is 0 Å². The van der Waals surface area contributed by atoms with Gasteiger partial charge in [0.05, 0.1) is 0 Å². The van der Waals surface area contributed by atoms with Crippen molar-refractivity contribution in [2.75, 3.05) is 0 Å². The van der Waals surface area contributed by atoms with Gasteiger partial charge in [-0.15, -0.1) is 0 Å². The minimum Gasteiger partial charge on any atom is -0.481 e. The Morgan fingerprint density at radius 3 is 2.28 bits per heavy atom. The number of halogens is 3. The molecule has 0 saturated heterocycles. The first-order chi connectivity index (χ1) is 8.25. The molecule has 0 amide bonds. The number of alkyl halides is 3. The lowest BCUT2D eigenvalue weighted by Crippen LogP contribution is -2.48. The van der Waals surface area contributed by atoms with Gasteiger partial charge in [0.25, 0.3) is 0 Å². The first kappa shape index (κ1) is 12.5. The number of carbonyl (C=O) groups excluding carboxylic acids is 1. The van der Waals surface area contributed by atoms with E-state index in [0.717, 1.165) is 18.3 Å². The molecule has 1 saturated carbocycles. The van der Waals surface area contributed by atoms with Gasteiger partial charge in [0, 0.05) is 19.0 Å². The summed E-state index contributed by atoms with van der Waals surface area (Å²) in [5, 5.41) is 9.08. The number of carboxylic acids is 1. The normalized spacial score (nSPS) is 18.3. The van der Waals surface area contributed by atoms with Gasteiger partial charge in [0.15, 0.2) is 0 Å². The number of hydrogen-bond donors (Lipinski definition) is 1. The Hall–Kier alpha value is -1.92. The zero-order valence-corrected chi connectivity index (χ0v) is 8.99. The van der Waals surface area contributed by atoms with Crippen LogP contribution in [0.4, 0.5) is 13.2 Å². The van der Waals surface area contributed by atoms with Crippen LogP contribution in [0, 0.1) is 0 Å². The van der Waals surface area contributed by atoms with E-state index in [9.17, 15) is 22.8 Å². The molecule has 96 valence electrons. The van der Waals surface area contributed by atoms with Crippen molar-refractivity contribution in [3.63, 3.8) is 0 Å². The molecule has 1 aromatic rings. The fraction of sp³-hybridized carbons (Fsp3) is 0.364. The van der Waals surface area contributed by atoms with Gasteiger partial charge in [-0.25, -0.2) is 0 Å². The molecule has 0 bridgehead atoms. The number of aromatic nitrogens is 1. The molecule has 4 nitrogen and oxygen atoms in total. The average molecular weight is 259 g/mol. The molecule has 18 heavy (non-hydrogen) atoms. The van der Waals surface area contributed by atoms with Crippen molar-refractivity contribution in [1.82, 2.24) is 4.98 Å². The summed E-state index contributed by atoms with van der Waals surface area (Å²) >= 11 is 0. The van der Waals surface area contributed by atoms with Gasteiger partial charge >= 0.3 is 12.1 Å². The number of Topliss-reactive ketones (excluding diaryl/α,β-unsaturated/α-hetero) is 1. The number of carboxylic acid groups (broad SMARTS) is 1. The van der Waals surface area contributed by atoms with E-state index in [1.54, 1.807) is 0 Å². The molecule has 1 N–H and O–H groups in total. The lowest BCUT2D eigenvalue weighted by atomic mass is 9.64. The second-order valence-electron chi connectivity index (χ2n) is 4.21. The summed E-state index contributed by atoms with van der Waals surface area (Å²) in [5.74, 6) is -1.44. The van der Waals surface area contributed by atoms with Gasteiger partial charge in [-0.3, -0.25) is 14.6 Å². The summed E-state index contributed by atoms with van der Waals surface area (Å²) in [4.78, 5) is 25.3. The highest BCUT2D eigenvalue weighted by Crippen LogP contribution is 2.41. The number of pyridine rings is 1. The smallest absolute Gasteiger partial charge is 0.433 e. The van der Waals surface area contributed by atoms with Crippen molar-refractivity contribution >= 4 is 11.8 Å². The van der Waals surface area contributed by atoms with Crippen molar-refractivity contribution < 1.29 is 27.9 Å². The van der Waals surface area contributed by atoms with Crippen LogP contribution >= 0.6 is 0 Å². The Balaban J connectivity index is 2.34. The van der Waals surface area contributed by atoms with Crippen molar-refractivity contribution in [2.45, 2.75) is 24.4 Å². The Kier molecular flexibility index (Phi) is 2.64. The van der Waals surface area contributed by atoms with Crippen LogP contribution in [0.2, 0.25) is 0 Å². The van der Waals surface area contributed by atoms with Crippen LogP contribution in [-0.2, 0) is 21.2 Å². The van der Waals surface area contributed by atoms with E-state index in [1.807, 2.05) is 0 Å². The summed E-state index contributed by atoms with van der Waals surface area (Å²) in [6.07, 6.45) is -4.08. The molecule has 1 aliphatic rings. The maximum atomic E-state index is 12.3. The molecule has 0 unspecified atom stereocenters. The molecule has 1 aliphatic carbocycles. The quantitative estimate of drug-likeness (QED) is 0.879. The maximum Gasteiger partial charge on any atom is 0.433 e. The van der Waals surface area contributed by atoms with E-state index in [4.69, 9.17) is 5.11 Å². The second kappa shape index (κ2) is 3.79. The summed E-state index contributed by atoms with van der Waals surface area (Å²) < 4.78 is 36.9. The molecule has 0 spiro atoms. The van der Waals surface area contributed by atoms with Gasteiger partial charge in [-0.05, 0) is 11.6 Å². The number of rotatable bonds is 2. The van der Waals surface area contributed by atoms with Crippen LogP contribution in [-0.4, -0.2) is 21.8 Å². The molecule has 1 fully saturated rings. The van der Waals surface area contributed by atoms with Crippen LogP contribution in [0.25, 0.3) is 0 Å². The van der Waals surface area contributed by atoms with Crippen LogP contribution in [0.15, 0.2) is 18.3 Å². The monoisotopic (exact) mass is 259 g/mol. The van der Waals surface area contributed by atoms with E-state index in [1.165, 1.54) is 0 Å². The summed E-state index contributed by atoms with van der Waals surface area (Å²) in [6, 6.07) is 1.79. The van der Waals surface area contributed by atoms with E-state index < -0.39 is 23.3 Å². The van der Waals surface area contributed by atoms with E-state index in [-0.39, 0.29) is 24.2 Å². The molecular formula is C11H8F3NO3. The minimum atomic E-state index is -4.57. The number of ketones is 1. The second-order valence-corrected chi connectivity index (χ2v) is 4.21. The zero-order valence-electron chi connectivity index (χ0n) is 8.99. The Morgan fingerprint density at radius 2 is 1.94 bits per heavy atom. The molecule has 0 atom stereocenters. The summed E-state index contributed by atoms with van der Waals surface area (Å²) in [7, 11) is 0. The summed E-state index contributed by atoms with van der Waals surface area (Å²) in [6.45, 7) is 0. The Labute approximate surface area is 99.4 Å². The van der Waals surface area contributed by atoms with Gasteiger partial charge in [-0.2, -0.15) is 13.2 Å². The molecule has 0 radical (unpaired) electrons. The molecule has 2 rings (SSSR count). The van der Waals surface area contributed by atoms with Crippen LogP contribution in [0.1, 0.15) is 24.1 Å². The number of carbonyl (C=O) groups is 2. The topological polar surface area (TPSA) is 67.3 Å². The van der Waals surface area contributed by atoms with Crippen LogP contribution in [0.3, 0.4) is 0 Å². The van der Waals surface area contributed by atoms with Crippen molar-refractivity contribution in [3.8, 4) is 0 Å². The highest BCUT2D eigenvalue weighted by Gasteiger charge is 2.51. The zero-order chi connectivity index (χ0) is 13.6. The first-order valence-corrected chi connectivity index (χ1v) is 5.04. The Bertz CT molecular complexity index is 499. The number of hydrogen-bond acceptors (Lipinski definition) is 3. The van der Waals surface area contributed by atoms with Crippen LogP contribution < -0.4 is 0 Å².